The number of carboxylic acids is 1. The van der Waals surface area contributed by atoms with Crippen LogP contribution < -0.4 is 0 Å². The van der Waals surface area contributed by atoms with E-state index >= 15 is 0 Å². The zero-order chi connectivity index (χ0) is 37.5. The SMILES string of the molecule is CC(O)C(O)C(O)C(O)C=O.O=CC(O)C(O)C(O)C(O)C(=O)O.O=CC(O)C(O)C(O)C(O)CO.O=CC(O)C(O)C(O)CO. The van der Waals surface area contributed by atoms with Crippen LogP contribution in [0.3, 0.4) is 0 Å². The van der Waals surface area contributed by atoms with E-state index < -0.39 is 111 Å². The van der Waals surface area contributed by atoms with Crippen LogP contribution in [0, 0.1) is 0 Å². The molecule has 0 saturated carbocycles. The first-order valence-corrected chi connectivity index (χ1v) is 12.6. The van der Waals surface area contributed by atoms with Crippen molar-refractivity contribution in [2.24, 2.45) is 0 Å². The third kappa shape index (κ3) is 20.6. The van der Waals surface area contributed by atoms with Gasteiger partial charge in [-0.05, 0) is 6.92 Å². The molecular weight excluding hydrogens is 644 g/mol. The van der Waals surface area contributed by atoms with Crippen LogP contribution in [0.1, 0.15) is 6.92 Å². The second-order valence-corrected chi connectivity index (χ2v) is 8.96. The highest BCUT2D eigenvalue weighted by molar-refractivity contribution is 5.73. The molecule has 23 nitrogen and oxygen atoms in total. The third-order valence-electron chi connectivity index (χ3n) is 5.24. The number of hydrogen-bond donors (Lipinski definition) is 18. The summed E-state index contributed by atoms with van der Waals surface area (Å²) in [6.45, 7) is -0.207. The van der Waals surface area contributed by atoms with Gasteiger partial charge in [-0.25, -0.2) is 4.79 Å². The van der Waals surface area contributed by atoms with E-state index in [-0.39, 0.29) is 25.1 Å². The summed E-state index contributed by atoms with van der Waals surface area (Å²) in [6.07, 6.45) is -25.7. The fourth-order valence-corrected chi connectivity index (χ4v) is 2.22. The molecule has 0 aromatic rings. The van der Waals surface area contributed by atoms with Gasteiger partial charge < -0.3 is 111 Å². The maximum Gasteiger partial charge on any atom is 0.335 e. The summed E-state index contributed by atoms with van der Waals surface area (Å²) in [4.78, 5) is 49.5. The van der Waals surface area contributed by atoms with Gasteiger partial charge in [0.05, 0.1) is 19.3 Å². The van der Waals surface area contributed by atoms with Crippen LogP contribution in [-0.4, -0.2) is 228 Å². The van der Waals surface area contributed by atoms with Gasteiger partial charge >= 0.3 is 5.97 Å². The van der Waals surface area contributed by atoms with Gasteiger partial charge in [-0.15, -0.1) is 0 Å². The van der Waals surface area contributed by atoms with Crippen molar-refractivity contribution in [3.8, 4) is 0 Å². The van der Waals surface area contributed by atoms with Crippen LogP contribution in [-0.2, 0) is 24.0 Å². The van der Waals surface area contributed by atoms with E-state index in [0.29, 0.717) is 0 Å². The van der Waals surface area contributed by atoms with Crippen LogP contribution in [0.25, 0.3) is 0 Å². The number of carbonyl (C=O) groups is 5. The van der Waals surface area contributed by atoms with Crippen molar-refractivity contribution in [1.29, 1.82) is 0 Å². The van der Waals surface area contributed by atoms with Crippen molar-refractivity contribution in [3.05, 3.63) is 0 Å². The van der Waals surface area contributed by atoms with Gasteiger partial charge in [0.1, 0.15) is 79.4 Å². The highest BCUT2D eigenvalue weighted by atomic mass is 16.4. The van der Waals surface area contributed by atoms with Gasteiger partial charge in [-0.3, -0.25) is 0 Å². The topological polar surface area (TPSA) is 449 Å². The second kappa shape index (κ2) is 27.6. The molecule has 18 N–H and O–H groups in total. The molecule has 0 fully saturated rings. The number of carbonyl (C=O) groups excluding carboxylic acids is 4. The summed E-state index contributed by atoms with van der Waals surface area (Å²) in [5.41, 5.74) is 0. The average molecular weight is 689 g/mol. The molecule has 0 amide bonds. The van der Waals surface area contributed by atoms with Crippen LogP contribution >= 0.6 is 0 Å². The molecule has 0 bridgehead atoms. The molecule has 0 heterocycles. The molecule has 0 radical (unpaired) electrons. The smallest absolute Gasteiger partial charge is 0.335 e. The minimum Gasteiger partial charge on any atom is -0.479 e. The first kappa shape index (κ1) is 50.3. The predicted octanol–water partition coefficient (Wildman–Crippen LogP) is -11.8. The number of aliphatic carboxylic acids is 1. The molecule has 0 aliphatic rings. The largest absolute Gasteiger partial charge is 0.479 e. The standard InChI is InChI=1S/C6H10O7.C6H12O6.C6H12O5.C5H10O5/c7-1-2(8)3(9)4(10)5(11)6(12)13;7-1-3(9)5(11)6(12)4(10)2-8;1-3(8)5(10)6(11)4(9)2-7;6-1-3(8)5(10)4(9)2-7/h1-5,8-11H,(H,12,13);1,3-6,8-12H,2H2;2-6,8-11H,1H3;1,3-5,7-10H,2H2. The Kier molecular flexibility index (Phi) is 30.2. The Morgan fingerprint density at radius 3 is 0.978 bits per heavy atom. The Bertz CT molecular complexity index is 815. The minimum absolute atomic E-state index is 0.0258. The summed E-state index contributed by atoms with van der Waals surface area (Å²) in [6, 6.07) is 0. The first-order valence-electron chi connectivity index (χ1n) is 12.6. The lowest BCUT2D eigenvalue weighted by molar-refractivity contribution is -0.163. The maximum atomic E-state index is 10.1. The quantitative estimate of drug-likeness (QED) is 0.0594. The number of aliphatic hydroxyl groups is 17. The van der Waals surface area contributed by atoms with Gasteiger partial charge in [0.25, 0.3) is 0 Å². The Morgan fingerprint density at radius 2 is 0.717 bits per heavy atom. The normalized spacial score (nSPS) is 20.7. The Labute approximate surface area is 259 Å². The molecule has 274 valence electrons. The van der Waals surface area contributed by atoms with Crippen LogP contribution in [0.5, 0.6) is 0 Å². The second-order valence-electron chi connectivity index (χ2n) is 8.96. The highest BCUT2D eigenvalue weighted by Crippen LogP contribution is 2.05. The molecular formula is C23H44O23. The molecule has 0 aliphatic heterocycles. The van der Waals surface area contributed by atoms with Crippen molar-refractivity contribution in [2.45, 2.75) is 98.5 Å². The monoisotopic (exact) mass is 688 g/mol. The number of carboxylic acid groups (broad SMARTS) is 1. The summed E-state index contributed by atoms with van der Waals surface area (Å²) in [5.74, 6) is -1.76. The van der Waals surface area contributed by atoms with Gasteiger partial charge in [-0.1, -0.05) is 0 Å². The zero-order valence-electron chi connectivity index (χ0n) is 24.0. The molecule has 0 aliphatic carbocycles. The Morgan fingerprint density at radius 1 is 0.457 bits per heavy atom. The van der Waals surface area contributed by atoms with Crippen LogP contribution in [0.15, 0.2) is 0 Å². The lowest BCUT2D eigenvalue weighted by Gasteiger charge is -2.22. The van der Waals surface area contributed by atoms with Crippen molar-refractivity contribution < 1.29 is 116 Å². The minimum atomic E-state index is -2.25. The van der Waals surface area contributed by atoms with E-state index in [0.717, 1.165) is 0 Å². The summed E-state index contributed by atoms with van der Waals surface area (Å²) in [7, 11) is 0. The summed E-state index contributed by atoms with van der Waals surface area (Å²) < 4.78 is 0. The fraction of sp³-hybridized carbons (Fsp3) is 0.783. The first-order chi connectivity index (χ1) is 21.1. The molecule has 0 rings (SSSR count). The van der Waals surface area contributed by atoms with E-state index in [1.54, 1.807) is 0 Å². The summed E-state index contributed by atoms with van der Waals surface area (Å²) >= 11 is 0. The maximum absolute atomic E-state index is 10.1. The van der Waals surface area contributed by atoms with E-state index in [4.69, 9.17) is 91.9 Å². The number of hydrogen-bond acceptors (Lipinski definition) is 22. The molecule has 46 heavy (non-hydrogen) atoms. The van der Waals surface area contributed by atoms with Crippen molar-refractivity contribution in [3.63, 3.8) is 0 Å². The number of rotatable bonds is 18. The number of aldehydes is 4. The van der Waals surface area contributed by atoms with Crippen molar-refractivity contribution in [2.75, 3.05) is 13.2 Å². The fourth-order valence-electron chi connectivity index (χ4n) is 2.22. The van der Waals surface area contributed by atoms with Gasteiger partial charge in [0.15, 0.2) is 31.2 Å². The van der Waals surface area contributed by atoms with Crippen molar-refractivity contribution in [1.82, 2.24) is 0 Å². The van der Waals surface area contributed by atoms with Gasteiger partial charge in [0.2, 0.25) is 0 Å². The predicted molar refractivity (Wildman–Crippen MR) is 142 cm³/mol. The highest BCUT2D eigenvalue weighted by Gasteiger charge is 2.34. The lowest BCUT2D eigenvalue weighted by Crippen LogP contribution is -2.48. The van der Waals surface area contributed by atoms with Crippen molar-refractivity contribution >= 4 is 31.1 Å². The van der Waals surface area contributed by atoms with Gasteiger partial charge in [0, 0.05) is 0 Å². The molecule has 23 heteroatoms. The molecule has 15 unspecified atom stereocenters. The molecule has 0 spiro atoms. The summed E-state index contributed by atoms with van der Waals surface area (Å²) in [5, 5.41) is 156. The average Bonchev–Trinajstić information content (AvgIpc) is 3.06. The Hall–Kier alpha value is -2.53. The van der Waals surface area contributed by atoms with Crippen LogP contribution in [0.4, 0.5) is 0 Å². The third-order valence-corrected chi connectivity index (χ3v) is 5.24. The molecule has 0 aromatic heterocycles. The van der Waals surface area contributed by atoms with Crippen LogP contribution in [0.2, 0.25) is 0 Å². The molecule has 0 aromatic carbocycles. The zero-order valence-corrected chi connectivity index (χ0v) is 24.0. The van der Waals surface area contributed by atoms with E-state index in [2.05, 4.69) is 0 Å². The number of aliphatic hydroxyl groups excluding tert-OH is 17. The van der Waals surface area contributed by atoms with Gasteiger partial charge in [-0.2, -0.15) is 0 Å². The molecule has 15 atom stereocenters. The Balaban J connectivity index is -0.000000257. The van der Waals surface area contributed by atoms with E-state index in [9.17, 15) is 24.0 Å². The van der Waals surface area contributed by atoms with E-state index in [1.807, 2.05) is 0 Å². The molecule has 0 saturated heterocycles. The van der Waals surface area contributed by atoms with E-state index in [1.165, 1.54) is 6.92 Å². The lowest BCUT2D eigenvalue weighted by atomic mass is 10.0.